The number of hydrogen-bond acceptors (Lipinski definition) is 4. The minimum atomic E-state index is -3.07. The number of sulfonamides is 1. The van der Waals surface area contributed by atoms with Crippen molar-refractivity contribution in [3.05, 3.63) is 30.1 Å². The number of halogens is 2. The molecule has 1 aromatic carbocycles. The summed E-state index contributed by atoms with van der Waals surface area (Å²) in [6, 6.07) is 5.99. The molecule has 1 unspecified atom stereocenters. The van der Waals surface area contributed by atoms with Gasteiger partial charge < -0.3 is 15.4 Å². The summed E-state index contributed by atoms with van der Waals surface area (Å²) in [4.78, 5) is 4.09. The summed E-state index contributed by atoms with van der Waals surface area (Å²) in [6.07, 6.45) is 0.490. The maximum Gasteiger partial charge on any atom is 0.214 e. The van der Waals surface area contributed by atoms with E-state index in [4.69, 9.17) is 4.74 Å². The number of nitrogens with zero attached hydrogens (tertiary/aromatic N) is 2. The minimum absolute atomic E-state index is 0. The summed E-state index contributed by atoms with van der Waals surface area (Å²) in [5, 5.41) is 6.18. The molecule has 0 aliphatic carbocycles. The molecule has 1 heterocycles. The molecule has 7 nitrogen and oxygen atoms in total. The van der Waals surface area contributed by atoms with Gasteiger partial charge in [0.15, 0.2) is 5.96 Å². The average molecular weight is 500 g/mol. The van der Waals surface area contributed by atoms with Gasteiger partial charge in [-0.15, -0.1) is 24.0 Å². The third-order valence-electron chi connectivity index (χ3n) is 3.77. The van der Waals surface area contributed by atoms with Crippen molar-refractivity contribution >= 4 is 40.0 Å². The number of nitrogens with one attached hydrogen (secondary N) is 2. The van der Waals surface area contributed by atoms with Crippen molar-refractivity contribution < 1.29 is 17.5 Å². The maximum absolute atomic E-state index is 13.1. The third-order valence-corrected chi connectivity index (χ3v) is 5.73. The molecule has 0 bridgehead atoms. The van der Waals surface area contributed by atoms with Crippen molar-refractivity contribution in [3.63, 3.8) is 0 Å². The fraction of sp³-hybridized carbons (Fsp3) is 0.562. The molecule has 10 heteroatoms. The highest BCUT2D eigenvalue weighted by molar-refractivity contribution is 14.0. The van der Waals surface area contributed by atoms with E-state index in [0.717, 1.165) is 0 Å². The Labute approximate surface area is 171 Å². The van der Waals surface area contributed by atoms with E-state index in [1.54, 1.807) is 19.2 Å². The van der Waals surface area contributed by atoms with Crippen LogP contribution in [0.15, 0.2) is 29.3 Å². The number of benzene rings is 1. The molecular formula is C16H26FIN4O3S. The van der Waals surface area contributed by atoms with Gasteiger partial charge >= 0.3 is 0 Å². The molecule has 1 atom stereocenters. The Morgan fingerprint density at radius 1 is 1.42 bits per heavy atom. The highest BCUT2D eigenvalue weighted by Crippen LogP contribution is 2.13. The number of guanidine groups is 1. The summed E-state index contributed by atoms with van der Waals surface area (Å²) in [5.41, 5.74) is 0. The predicted octanol–water partition coefficient (Wildman–Crippen LogP) is 1.41. The molecule has 1 aromatic rings. The van der Waals surface area contributed by atoms with Crippen molar-refractivity contribution in [2.75, 3.05) is 39.0 Å². The van der Waals surface area contributed by atoms with Gasteiger partial charge in [-0.3, -0.25) is 4.99 Å². The van der Waals surface area contributed by atoms with Gasteiger partial charge in [-0.1, -0.05) is 6.07 Å². The molecule has 2 N–H and O–H groups in total. The second-order valence-electron chi connectivity index (χ2n) is 5.83. The predicted molar refractivity (Wildman–Crippen MR) is 111 cm³/mol. The van der Waals surface area contributed by atoms with Crippen LogP contribution in [0.3, 0.4) is 0 Å². The first-order valence-corrected chi connectivity index (χ1v) is 9.86. The third kappa shape index (κ3) is 7.23. The SMILES string of the molecule is CN=C(NCCN1CCCS1(=O)=O)NCC(C)Oc1cccc(F)c1.I. The van der Waals surface area contributed by atoms with Crippen LogP contribution in [0.5, 0.6) is 5.75 Å². The fourth-order valence-electron chi connectivity index (χ4n) is 2.52. The Bertz CT molecular complexity index is 702. The number of aliphatic imine (C=N–C) groups is 1. The fourth-order valence-corrected chi connectivity index (χ4v) is 4.05. The van der Waals surface area contributed by atoms with E-state index in [1.807, 2.05) is 6.92 Å². The van der Waals surface area contributed by atoms with E-state index in [-0.39, 0.29) is 41.7 Å². The van der Waals surface area contributed by atoms with E-state index < -0.39 is 10.0 Å². The smallest absolute Gasteiger partial charge is 0.214 e. The lowest BCUT2D eigenvalue weighted by atomic mass is 10.3. The summed E-state index contributed by atoms with van der Waals surface area (Å²) in [7, 11) is -1.43. The molecule has 26 heavy (non-hydrogen) atoms. The molecule has 0 spiro atoms. The molecule has 1 saturated heterocycles. The first-order valence-electron chi connectivity index (χ1n) is 8.25. The number of rotatable bonds is 7. The van der Waals surface area contributed by atoms with E-state index >= 15 is 0 Å². The lowest BCUT2D eigenvalue weighted by Gasteiger charge is -2.19. The van der Waals surface area contributed by atoms with Crippen molar-refractivity contribution in [2.24, 2.45) is 4.99 Å². The van der Waals surface area contributed by atoms with Crippen LogP contribution in [0, 0.1) is 5.82 Å². The molecule has 1 fully saturated rings. The van der Waals surface area contributed by atoms with Gasteiger partial charge in [0.1, 0.15) is 17.7 Å². The second-order valence-corrected chi connectivity index (χ2v) is 7.92. The molecule has 0 aromatic heterocycles. The molecule has 148 valence electrons. The van der Waals surface area contributed by atoms with Crippen molar-refractivity contribution in [2.45, 2.75) is 19.4 Å². The van der Waals surface area contributed by atoms with Crippen molar-refractivity contribution in [3.8, 4) is 5.75 Å². The van der Waals surface area contributed by atoms with Gasteiger partial charge in [-0.2, -0.15) is 0 Å². The van der Waals surface area contributed by atoms with E-state index in [0.29, 0.717) is 44.3 Å². The zero-order valence-corrected chi connectivity index (χ0v) is 18.1. The summed E-state index contributed by atoms with van der Waals surface area (Å²) < 4.78 is 43.7. The normalized spacial score (nSPS) is 18.0. The van der Waals surface area contributed by atoms with Gasteiger partial charge in [-0.05, 0) is 25.5 Å². The Balaban J connectivity index is 0.00000338. The average Bonchev–Trinajstić information content (AvgIpc) is 2.89. The van der Waals surface area contributed by atoms with Gasteiger partial charge in [0.05, 0.1) is 12.3 Å². The van der Waals surface area contributed by atoms with Gasteiger partial charge in [0, 0.05) is 32.7 Å². The highest BCUT2D eigenvalue weighted by Gasteiger charge is 2.27. The van der Waals surface area contributed by atoms with Crippen molar-refractivity contribution in [1.29, 1.82) is 0 Å². The van der Waals surface area contributed by atoms with Gasteiger partial charge in [0.25, 0.3) is 0 Å². The van der Waals surface area contributed by atoms with Crippen LogP contribution >= 0.6 is 24.0 Å². The van der Waals surface area contributed by atoms with Crippen LogP contribution in [0.2, 0.25) is 0 Å². The maximum atomic E-state index is 13.1. The lowest BCUT2D eigenvalue weighted by molar-refractivity contribution is 0.223. The largest absolute Gasteiger partial charge is 0.489 e. The van der Waals surface area contributed by atoms with Gasteiger partial charge in [0.2, 0.25) is 10.0 Å². The van der Waals surface area contributed by atoms with Crippen molar-refractivity contribution in [1.82, 2.24) is 14.9 Å². The topological polar surface area (TPSA) is 83.0 Å². The van der Waals surface area contributed by atoms with E-state index in [1.165, 1.54) is 16.4 Å². The molecular weight excluding hydrogens is 474 g/mol. The standard InChI is InChI=1S/C16H25FN4O3S.HI/c1-13(24-15-6-3-5-14(17)11-15)12-20-16(18-2)19-7-9-21-8-4-10-25(21,22)23;/h3,5-6,11,13H,4,7-10,12H2,1-2H3,(H2,18,19,20);1H. The molecule has 1 aliphatic heterocycles. The first-order chi connectivity index (χ1) is 11.9. The summed E-state index contributed by atoms with van der Waals surface area (Å²) in [5.74, 6) is 0.921. The number of hydrogen-bond donors (Lipinski definition) is 2. The summed E-state index contributed by atoms with van der Waals surface area (Å²) >= 11 is 0. The molecule has 1 aliphatic rings. The monoisotopic (exact) mass is 500 g/mol. The molecule has 0 amide bonds. The molecule has 0 saturated carbocycles. The lowest BCUT2D eigenvalue weighted by Crippen LogP contribution is -2.44. The van der Waals surface area contributed by atoms with Crippen LogP contribution in [-0.2, 0) is 10.0 Å². The number of ether oxygens (including phenoxy) is 1. The first kappa shape index (κ1) is 22.9. The summed E-state index contributed by atoms with van der Waals surface area (Å²) in [6.45, 7) is 3.80. The Morgan fingerprint density at radius 3 is 2.81 bits per heavy atom. The zero-order valence-electron chi connectivity index (χ0n) is 14.9. The van der Waals surface area contributed by atoms with Crippen LogP contribution in [0.25, 0.3) is 0 Å². The van der Waals surface area contributed by atoms with E-state index in [9.17, 15) is 12.8 Å². The Hall–Kier alpha value is -1.14. The quantitative estimate of drug-likeness (QED) is 0.336. The van der Waals surface area contributed by atoms with Crippen LogP contribution < -0.4 is 15.4 Å². The Morgan fingerprint density at radius 2 is 2.19 bits per heavy atom. The zero-order chi connectivity index (χ0) is 18.3. The van der Waals surface area contributed by atoms with Crippen LogP contribution in [0.4, 0.5) is 4.39 Å². The molecule has 2 rings (SSSR count). The molecule has 0 radical (unpaired) electrons. The van der Waals surface area contributed by atoms with E-state index in [2.05, 4.69) is 15.6 Å². The second kappa shape index (κ2) is 10.9. The highest BCUT2D eigenvalue weighted by atomic mass is 127. The van der Waals surface area contributed by atoms with Gasteiger partial charge in [-0.25, -0.2) is 17.1 Å². The van der Waals surface area contributed by atoms with Crippen LogP contribution in [0.1, 0.15) is 13.3 Å². The minimum Gasteiger partial charge on any atom is -0.489 e. The Kier molecular flexibility index (Phi) is 9.58. The van der Waals surface area contributed by atoms with Crippen LogP contribution in [-0.4, -0.2) is 63.8 Å².